The minimum Gasteiger partial charge on any atom is -0.465 e. The maximum Gasteiger partial charge on any atom is 0.320 e. The molecule has 1 aliphatic rings. The summed E-state index contributed by atoms with van der Waals surface area (Å²) in [6.07, 6.45) is 2.58. The monoisotopic (exact) mass is 360 g/mol. The Labute approximate surface area is 157 Å². The predicted molar refractivity (Wildman–Crippen MR) is 102 cm³/mol. The Morgan fingerprint density at radius 2 is 1.42 bits per heavy atom. The molecule has 0 aromatic heterocycles. The molecule has 0 aliphatic heterocycles. The lowest BCUT2D eigenvalue weighted by molar-refractivity contribution is -0.161. The van der Waals surface area contributed by atoms with Crippen LogP contribution < -0.4 is 0 Å². The quantitative estimate of drug-likeness (QED) is 0.560. The summed E-state index contributed by atoms with van der Waals surface area (Å²) in [7, 11) is 0. The van der Waals surface area contributed by atoms with Crippen LogP contribution in [0.2, 0.25) is 0 Å². The summed E-state index contributed by atoms with van der Waals surface area (Å²) in [4.78, 5) is 24.5. The molecule has 1 aromatic carbocycles. The Morgan fingerprint density at radius 3 is 1.92 bits per heavy atom. The van der Waals surface area contributed by atoms with Crippen LogP contribution in [0.1, 0.15) is 71.1 Å². The van der Waals surface area contributed by atoms with Crippen LogP contribution in [-0.4, -0.2) is 25.2 Å². The minimum absolute atomic E-state index is 0.0875. The van der Waals surface area contributed by atoms with Crippen LogP contribution in [-0.2, 0) is 36.3 Å². The summed E-state index contributed by atoms with van der Waals surface area (Å²) < 4.78 is 10.2. The molecule has 4 nitrogen and oxygen atoms in total. The van der Waals surface area contributed by atoms with E-state index in [9.17, 15) is 9.59 Å². The Bertz CT molecular complexity index is 655. The first-order chi connectivity index (χ1) is 12.1. The van der Waals surface area contributed by atoms with Crippen LogP contribution in [0.25, 0.3) is 0 Å². The van der Waals surface area contributed by atoms with Crippen molar-refractivity contribution >= 4 is 11.9 Å². The van der Waals surface area contributed by atoms with Gasteiger partial charge in [0.25, 0.3) is 0 Å². The van der Waals surface area contributed by atoms with Crippen molar-refractivity contribution in [2.75, 3.05) is 13.2 Å². The van der Waals surface area contributed by atoms with E-state index in [1.807, 2.05) is 6.07 Å². The van der Waals surface area contributed by atoms with Crippen molar-refractivity contribution < 1.29 is 19.1 Å². The number of benzene rings is 1. The van der Waals surface area contributed by atoms with E-state index in [2.05, 4.69) is 39.8 Å². The number of hydrogen-bond donors (Lipinski definition) is 0. The smallest absolute Gasteiger partial charge is 0.320 e. The van der Waals surface area contributed by atoms with E-state index >= 15 is 0 Å². The number of carbonyl (C=O) groups is 2. The molecule has 0 bridgehead atoms. The largest absolute Gasteiger partial charge is 0.465 e. The van der Waals surface area contributed by atoms with E-state index in [-0.39, 0.29) is 24.0 Å². The van der Waals surface area contributed by atoms with E-state index in [1.165, 1.54) is 11.1 Å². The molecular weight excluding hydrogens is 328 g/mol. The molecule has 2 rings (SSSR count). The Hall–Kier alpha value is -1.84. The molecule has 0 unspecified atom stereocenters. The predicted octanol–water partition coefficient (Wildman–Crippen LogP) is 4.32. The molecule has 4 heteroatoms. The number of hydrogen-bond acceptors (Lipinski definition) is 4. The van der Waals surface area contributed by atoms with Gasteiger partial charge in [-0.3, -0.25) is 9.59 Å². The first kappa shape index (κ1) is 20.5. The minimum atomic E-state index is -0.910. The topological polar surface area (TPSA) is 52.6 Å². The third-order valence-electron chi connectivity index (χ3n) is 5.50. The van der Waals surface area contributed by atoms with E-state index in [4.69, 9.17) is 9.47 Å². The molecule has 1 aromatic rings. The molecule has 0 saturated heterocycles. The van der Waals surface area contributed by atoms with Gasteiger partial charge in [0.15, 0.2) is 5.92 Å². The summed E-state index contributed by atoms with van der Waals surface area (Å²) in [6.45, 7) is 13.1. The Kier molecular flexibility index (Phi) is 6.15. The molecule has 0 saturated carbocycles. The lowest BCUT2D eigenvalue weighted by Crippen LogP contribution is -2.34. The van der Waals surface area contributed by atoms with Crippen LogP contribution in [0.4, 0.5) is 0 Å². The van der Waals surface area contributed by atoms with Gasteiger partial charge in [0.05, 0.1) is 13.2 Å². The van der Waals surface area contributed by atoms with Crippen molar-refractivity contribution in [1.82, 2.24) is 0 Å². The summed E-state index contributed by atoms with van der Waals surface area (Å²) in [5.74, 6) is -1.93. The van der Waals surface area contributed by atoms with Crippen molar-refractivity contribution in [2.24, 2.45) is 5.92 Å². The van der Waals surface area contributed by atoms with Gasteiger partial charge in [-0.15, -0.1) is 0 Å². The number of rotatable bonds is 6. The fourth-order valence-electron chi connectivity index (χ4n) is 3.75. The van der Waals surface area contributed by atoms with Crippen LogP contribution in [0.15, 0.2) is 18.2 Å². The van der Waals surface area contributed by atoms with Gasteiger partial charge in [-0.05, 0) is 60.6 Å². The highest BCUT2D eigenvalue weighted by molar-refractivity contribution is 5.95. The zero-order valence-corrected chi connectivity index (χ0v) is 17.0. The van der Waals surface area contributed by atoms with Gasteiger partial charge in [0.1, 0.15) is 0 Å². The fraction of sp³-hybridized carbons (Fsp3) is 0.636. The molecule has 1 aliphatic carbocycles. The highest BCUT2D eigenvalue weighted by Gasteiger charge is 2.37. The zero-order valence-electron chi connectivity index (χ0n) is 17.0. The normalized spacial score (nSPS) is 17.5. The molecule has 0 spiro atoms. The Morgan fingerprint density at radius 1 is 0.923 bits per heavy atom. The third-order valence-corrected chi connectivity index (χ3v) is 5.50. The van der Waals surface area contributed by atoms with Gasteiger partial charge >= 0.3 is 11.9 Å². The maximum atomic E-state index is 12.3. The number of carbonyl (C=O) groups excluding carboxylic acids is 2. The highest BCUT2D eigenvalue weighted by Crippen LogP contribution is 2.46. The molecular formula is C22H32O4. The fourth-order valence-corrected chi connectivity index (χ4v) is 3.75. The van der Waals surface area contributed by atoms with E-state index < -0.39 is 17.9 Å². The number of esters is 2. The van der Waals surface area contributed by atoms with Crippen LogP contribution in [0.3, 0.4) is 0 Å². The van der Waals surface area contributed by atoms with E-state index in [1.54, 1.807) is 13.8 Å². The van der Waals surface area contributed by atoms with Gasteiger partial charge in [0, 0.05) is 0 Å². The second-order valence-electron chi connectivity index (χ2n) is 8.41. The molecule has 144 valence electrons. The molecule has 0 atom stereocenters. The summed E-state index contributed by atoms with van der Waals surface area (Å²) in [5, 5.41) is 0. The lowest BCUT2D eigenvalue weighted by atomic mass is 9.63. The van der Waals surface area contributed by atoms with Gasteiger partial charge < -0.3 is 9.47 Å². The first-order valence-corrected chi connectivity index (χ1v) is 9.59. The molecule has 0 N–H and O–H groups in total. The molecule has 0 amide bonds. The molecule has 0 fully saturated rings. The average molecular weight is 360 g/mol. The molecule has 26 heavy (non-hydrogen) atoms. The molecule has 0 heterocycles. The van der Waals surface area contributed by atoms with Gasteiger partial charge in [-0.2, -0.15) is 0 Å². The van der Waals surface area contributed by atoms with Crippen LogP contribution in [0, 0.1) is 5.92 Å². The number of fused-ring (bicyclic) bond motifs is 1. The standard InChI is InChI=1S/C22H32O4/c1-7-25-19(23)16(20(24)26-8-2)13-15-9-10-17-18(14-15)22(5,6)12-11-21(17,3)4/h9-10,14,16H,7-8,11-13H2,1-6H3. The summed E-state index contributed by atoms with van der Waals surface area (Å²) in [6, 6.07) is 6.37. The van der Waals surface area contributed by atoms with Crippen molar-refractivity contribution in [2.45, 2.75) is 71.6 Å². The van der Waals surface area contributed by atoms with Gasteiger partial charge in [-0.1, -0.05) is 45.9 Å². The van der Waals surface area contributed by atoms with Crippen molar-refractivity contribution in [3.63, 3.8) is 0 Å². The maximum absolute atomic E-state index is 12.3. The van der Waals surface area contributed by atoms with Crippen molar-refractivity contribution in [3.05, 3.63) is 34.9 Å². The SMILES string of the molecule is CCOC(=O)C(Cc1ccc2c(c1)C(C)(C)CCC2(C)C)C(=O)OCC. The van der Waals surface area contributed by atoms with Crippen LogP contribution >= 0.6 is 0 Å². The second kappa shape index (κ2) is 7.81. The zero-order chi connectivity index (χ0) is 19.5. The molecule has 0 radical (unpaired) electrons. The third kappa shape index (κ3) is 4.28. The first-order valence-electron chi connectivity index (χ1n) is 9.59. The van der Waals surface area contributed by atoms with E-state index in [0.29, 0.717) is 6.42 Å². The summed E-state index contributed by atoms with van der Waals surface area (Å²) in [5.41, 5.74) is 3.88. The van der Waals surface area contributed by atoms with Crippen LogP contribution in [0.5, 0.6) is 0 Å². The lowest BCUT2D eigenvalue weighted by Gasteiger charge is -2.42. The van der Waals surface area contributed by atoms with E-state index in [0.717, 1.165) is 18.4 Å². The van der Waals surface area contributed by atoms with Crippen molar-refractivity contribution in [3.8, 4) is 0 Å². The number of ether oxygens (including phenoxy) is 2. The van der Waals surface area contributed by atoms with Gasteiger partial charge in [-0.25, -0.2) is 0 Å². The van der Waals surface area contributed by atoms with Gasteiger partial charge in [0.2, 0.25) is 0 Å². The average Bonchev–Trinajstić information content (AvgIpc) is 2.57. The summed E-state index contributed by atoms with van der Waals surface area (Å²) >= 11 is 0. The highest BCUT2D eigenvalue weighted by atomic mass is 16.6. The van der Waals surface area contributed by atoms with Crippen molar-refractivity contribution in [1.29, 1.82) is 0 Å². The second-order valence-corrected chi connectivity index (χ2v) is 8.41. The Balaban J connectivity index is 2.36.